The third kappa shape index (κ3) is 4.97. The molecule has 0 unspecified atom stereocenters. The Balaban J connectivity index is 1.99. The summed E-state index contributed by atoms with van der Waals surface area (Å²) in [5.74, 6) is 1.29. The summed E-state index contributed by atoms with van der Waals surface area (Å²) in [5, 5.41) is 13.0. The second-order valence-corrected chi connectivity index (χ2v) is 7.59. The molecular weight excluding hydrogens is 328 g/mol. The third-order valence-electron chi connectivity index (χ3n) is 4.07. The van der Waals surface area contributed by atoms with Crippen molar-refractivity contribution in [1.29, 1.82) is 0 Å². The van der Waals surface area contributed by atoms with Gasteiger partial charge in [0.05, 0.1) is 6.10 Å². The van der Waals surface area contributed by atoms with E-state index in [4.69, 9.17) is 0 Å². The molecule has 2 N–H and O–H groups in total. The smallest absolute Gasteiger partial charge is 0.0546 e. The first kappa shape index (κ1) is 16.8. The van der Waals surface area contributed by atoms with E-state index in [0.717, 1.165) is 36.9 Å². The Hall–Kier alpha value is -0.580. The maximum absolute atomic E-state index is 9.43. The van der Waals surface area contributed by atoms with E-state index < -0.39 is 0 Å². The van der Waals surface area contributed by atoms with Crippen molar-refractivity contribution in [3.05, 3.63) is 28.2 Å². The quantitative estimate of drug-likeness (QED) is 0.787. The first-order chi connectivity index (χ1) is 9.95. The van der Waals surface area contributed by atoms with E-state index in [-0.39, 0.29) is 6.10 Å². The van der Waals surface area contributed by atoms with Crippen molar-refractivity contribution in [2.75, 3.05) is 25.0 Å². The molecule has 0 heterocycles. The van der Waals surface area contributed by atoms with Crippen molar-refractivity contribution < 1.29 is 5.11 Å². The fourth-order valence-corrected chi connectivity index (χ4v) is 3.22. The molecule has 1 aliphatic rings. The molecule has 0 spiro atoms. The Kier molecular flexibility index (Phi) is 6.08. The molecule has 2 rings (SSSR count). The summed E-state index contributed by atoms with van der Waals surface area (Å²) in [6, 6.07) is 6.50. The summed E-state index contributed by atoms with van der Waals surface area (Å²) < 4.78 is 1.12. The summed E-state index contributed by atoms with van der Waals surface area (Å²) in [5.41, 5.74) is 2.61. The van der Waals surface area contributed by atoms with Crippen LogP contribution in [0.25, 0.3) is 0 Å². The second-order valence-electron chi connectivity index (χ2n) is 6.67. The summed E-state index contributed by atoms with van der Waals surface area (Å²) in [6.07, 6.45) is 1.82. The zero-order valence-corrected chi connectivity index (χ0v) is 14.9. The molecule has 0 aromatic heterocycles. The van der Waals surface area contributed by atoms with Crippen LogP contribution in [-0.4, -0.2) is 31.3 Å². The average molecular weight is 355 g/mol. The van der Waals surface area contributed by atoms with E-state index in [9.17, 15) is 5.11 Å². The van der Waals surface area contributed by atoms with Crippen molar-refractivity contribution in [3.8, 4) is 0 Å². The molecule has 1 aromatic rings. The van der Waals surface area contributed by atoms with Gasteiger partial charge in [0.1, 0.15) is 0 Å². The normalized spacial score (nSPS) is 21.4. The molecule has 0 saturated heterocycles. The number of rotatable bonds is 7. The molecule has 0 amide bonds. The minimum Gasteiger partial charge on any atom is -0.393 e. The zero-order chi connectivity index (χ0) is 15.4. The number of aliphatic hydroxyl groups is 1. The standard InChI is InChI=1S/C17H27BrN2O/c1-12(2)9-19-10-14-4-5-15(18)8-17(14)20(3)11-13-6-16(21)7-13/h4-5,8,12-13,16,19,21H,6-7,9-11H2,1-3H3. The number of nitrogens with one attached hydrogen (secondary N) is 1. The number of hydrogen-bond acceptors (Lipinski definition) is 3. The Morgan fingerprint density at radius 2 is 2.10 bits per heavy atom. The molecule has 118 valence electrons. The van der Waals surface area contributed by atoms with Crippen molar-refractivity contribution in [2.45, 2.75) is 39.3 Å². The number of nitrogens with zero attached hydrogens (tertiary/aromatic N) is 1. The topological polar surface area (TPSA) is 35.5 Å². The lowest BCUT2D eigenvalue weighted by atomic mass is 9.82. The van der Waals surface area contributed by atoms with Gasteiger partial charge in [-0.25, -0.2) is 0 Å². The minimum absolute atomic E-state index is 0.0712. The maximum Gasteiger partial charge on any atom is 0.0546 e. The number of benzene rings is 1. The maximum atomic E-state index is 9.43. The number of anilines is 1. The first-order valence-electron chi connectivity index (χ1n) is 7.84. The molecule has 0 radical (unpaired) electrons. The fourth-order valence-electron chi connectivity index (χ4n) is 2.87. The molecule has 1 saturated carbocycles. The molecule has 0 aliphatic heterocycles. The van der Waals surface area contributed by atoms with E-state index in [1.807, 2.05) is 0 Å². The molecule has 4 heteroatoms. The average Bonchev–Trinajstić information content (AvgIpc) is 2.38. The SMILES string of the molecule is CC(C)CNCc1ccc(Br)cc1N(C)CC1CC(O)C1. The van der Waals surface area contributed by atoms with Crippen LogP contribution in [0.2, 0.25) is 0 Å². The van der Waals surface area contributed by atoms with Gasteiger partial charge in [0.2, 0.25) is 0 Å². The Morgan fingerprint density at radius 3 is 2.71 bits per heavy atom. The summed E-state index contributed by atoms with van der Waals surface area (Å²) >= 11 is 3.58. The zero-order valence-electron chi connectivity index (χ0n) is 13.3. The van der Waals surface area contributed by atoms with Crippen LogP contribution >= 0.6 is 15.9 Å². The Morgan fingerprint density at radius 1 is 1.38 bits per heavy atom. The third-order valence-corrected chi connectivity index (χ3v) is 4.56. The van der Waals surface area contributed by atoms with Crippen LogP contribution in [0, 0.1) is 11.8 Å². The lowest BCUT2D eigenvalue weighted by Crippen LogP contribution is -2.37. The van der Waals surface area contributed by atoms with E-state index in [1.165, 1.54) is 11.3 Å². The van der Waals surface area contributed by atoms with Gasteiger partial charge >= 0.3 is 0 Å². The van der Waals surface area contributed by atoms with Crippen LogP contribution in [-0.2, 0) is 6.54 Å². The van der Waals surface area contributed by atoms with Gasteiger partial charge in [0.15, 0.2) is 0 Å². The predicted octanol–water partition coefficient (Wildman–Crippen LogP) is 3.40. The highest BCUT2D eigenvalue weighted by Gasteiger charge is 2.28. The van der Waals surface area contributed by atoms with E-state index >= 15 is 0 Å². The lowest BCUT2D eigenvalue weighted by molar-refractivity contribution is 0.0464. The molecule has 0 bridgehead atoms. The van der Waals surface area contributed by atoms with E-state index in [1.54, 1.807) is 0 Å². The molecule has 21 heavy (non-hydrogen) atoms. The molecular formula is C17H27BrN2O. The summed E-state index contributed by atoms with van der Waals surface area (Å²) in [4.78, 5) is 2.33. The van der Waals surface area contributed by atoms with Crippen LogP contribution in [0.1, 0.15) is 32.3 Å². The van der Waals surface area contributed by atoms with Crippen molar-refractivity contribution >= 4 is 21.6 Å². The molecule has 1 fully saturated rings. The van der Waals surface area contributed by atoms with Gasteiger partial charge < -0.3 is 15.3 Å². The highest BCUT2D eigenvalue weighted by Crippen LogP contribution is 2.31. The molecule has 0 atom stereocenters. The number of aliphatic hydroxyl groups excluding tert-OH is 1. The van der Waals surface area contributed by atoms with Gasteiger partial charge in [-0.15, -0.1) is 0 Å². The molecule has 3 nitrogen and oxygen atoms in total. The number of hydrogen-bond donors (Lipinski definition) is 2. The van der Waals surface area contributed by atoms with Crippen LogP contribution in [0.5, 0.6) is 0 Å². The van der Waals surface area contributed by atoms with Crippen molar-refractivity contribution in [3.63, 3.8) is 0 Å². The van der Waals surface area contributed by atoms with Crippen LogP contribution in [0.3, 0.4) is 0 Å². The first-order valence-corrected chi connectivity index (χ1v) is 8.63. The van der Waals surface area contributed by atoms with Crippen molar-refractivity contribution in [1.82, 2.24) is 5.32 Å². The lowest BCUT2D eigenvalue weighted by Gasteiger charge is -2.36. The number of halogens is 1. The second kappa shape index (κ2) is 7.61. The van der Waals surface area contributed by atoms with Crippen LogP contribution < -0.4 is 10.2 Å². The van der Waals surface area contributed by atoms with Crippen LogP contribution in [0.4, 0.5) is 5.69 Å². The Labute approximate surface area is 136 Å². The van der Waals surface area contributed by atoms with Gasteiger partial charge in [-0.2, -0.15) is 0 Å². The largest absolute Gasteiger partial charge is 0.393 e. The fraction of sp³-hybridized carbons (Fsp3) is 0.647. The molecule has 1 aliphatic carbocycles. The minimum atomic E-state index is -0.0712. The van der Waals surface area contributed by atoms with Gasteiger partial charge in [0, 0.05) is 30.3 Å². The summed E-state index contributed by atoms with van der Waals surface area (Å²) in [7, 11) is 2.15. The highest BCUT2D eigenvalue weighted by atomic mass is 79.9. The van der Waals surface area contributed by atoms with Crippen LogP contribution in [0.15, 0.2) is 22.7 Å². The van der Waals surface area contributed by atoms with E-state index in [2.05, 4.69) is 65.2 Å². The van der Waals surface area contributed by atoms with Gasteiger partial charge in [-0.1, -0.05) is 35.8 Å². The van der Waals surface area contributed by atoms with Gasteiger partial charge in [0.25, 0.3) is 0 Å². The molecule has 1 aromatic carbocycles. The highest BCUT2D eigenvalue weighted by molar-refractivity contribution is 9.10. The monoisotopic (exact) mass is 354 g/mol. The van der Waals surface area contributed by atoms with E-state index in [0.29, 0.717) is 11.8 Å². The summed E-state index contributed by atoms with van der Waals surface area (Å²) in [6.45, 7) is 7.41. The van der Waals surface area contributed by atoms with Gasteiger partial charge in [-0.05, 0) is 48.9 Å². The van der Waals surface area contributed by atoms with Gasteiger partial charge in [-0.3, -0.25) is 0 Å². The van der Waals surface area contributed by atoms with Crippen molar-refractivity contribution in [2.24, 2.45) is 11.8 Å². The Bertz CT molecular complexity index is 458. The predicted molar refractivity (Wildman–Crippen MR) is 92.7 cm³/mol.